The third kappa shape index (κ3) is 2.40. The van der Waals surface area contributed by atoms with Crippen molar-refractivity contribution >= 4 is 22.8 Å². The molecule has 0 saturated carbocycles. The highest BCUT2D eigenvalue weighted by atomic mass is 16.3. The van der Waals surface area contributed by atoms with Crippen molar-refractivity contribution in [1.82, 2.24) is 20.2 Å². The molecular weight excluding hydrogens is 256 g/mol. The molecule has 108 valence electrons. The smallest absolute Gasteiger partial charge is 0.226 e. The van der Waals surface area contributed by atoms with Gasteiger partial charge in [-0.3, -0.25) is 5.10 Å². The molecule has 1 atom stereocenters. The second-order valence-corrected chi connectivity index (χ2v) is 5.60. The maximum Gasteiger partial charge on any atom is 0.226 e. The maximum atomic E-state index is 10.1. The molecule has 0 amide bonds. The molecule has 0 aliphatic carbocycles. The number of nitrogens with one attached hydrogen (secondary N) is 2. The summed E-state index contributed by atoms with van der Waals surface area (Å²) in [6, 6.07) is 0. The van der Waals surface area contributed by atoms with Crippen LogP contribution in [0.25, 0.3) is 11.0 Å². The zero-order valence-electron chi connectivity index (χ0n) is 11.8. The van der Waals surface area contributed by atoms with Gasteiger partial charge in [-0.15, -0.1) is 0 Å². The fraction of sp³-hybridized carbons (Fsp3) is 0.615. The van der Waals surface area contributed by atoms with Crippen LogP contribution in [0, 0.1) is 0 Å². The highest BCUT2D eigenvalue weighted by molar-refractivity contribution is 5.87. The normalized spacial score (nSPS) is 22.6. The first-order chi connectivity index (χ1) is 9.59. The molecule has 20 heavy (non-hydrogen) atoms. The van der Waals surface area contributed by atoms with Crippen molar-refractivity contribution < 1.29 is 5.11 Å². The zero-order valence-corrected chi connectivity index (χ0v) is 11.8. The van der Waals surface area contributed by atoms with Crippen LogP contribution in [0.15, 0.2) is 6.20 Å². The molecule has 1 unspecified atom stereocenters. The molecule has 7 nitrogen and oxygen atoms in total. The van der Waals surface area contributed by atoms with Gasteiger partial charge in [-0.1, -0.05) is 6.92 Å². The number of nitrogens with zero attached hydrogens (tertiary/aromatic N) is 4. The van der Waals surface area contributed by atoms with Crippen LogP contribution in [0.4, 0.5) is 11.8 Å². The standard InChI is InChI=1S/C13H20N6O/c1-3-5-14-12-16-10-9(7-15-18-10)11(17-12)19-6-4-13(2,20)8-19/h7,20H,3-6,8H2,1-2H3,(H2,14,15,16,17,18). The Morgan fingerprint density at radius 1 is 1.50 bits per heavy atom. The molecule has 1 saturated heterocycles. The number of hydrogen-bond donors (Lipinski definition) is 3. The lowest BCUT2D eigenvalue weighted by Crippen LogP contribution is -2.30. The van der Waals surface area contributed by atoms with Gasteiger partial charge in [0.25, 0.3) is 0 Å². The molecule has 0 spiro atoms. The Balaban J connectivity index is 1.97. The molecule has 3 rings (SSSR count). The molecule has 1 aliphatic heterocycles. The SMILES string of the molecule is CCCNc1nc(N2CCC(C)(O)C2)c2cn[nH]c2n1. The van der Waals surface area contributed by atoms with Gasteiger partial charge in [-0.2, -0.15) is 15.1 Å². The maximum absolute atomic E-state index is 10.1. The second-order valence-electron chi connectivity index (χ2n) is 5.60. The lowest BCUT2D eigenvalue weighted by molar-refractivity contribution is 0.0839. The van der Waals surface area contributed by atoms with Crippen molar-refractivity contribution in [2.75, 3.05) is 29.9 Å². The number of aromatic amines is 1. The Labute approximate surface area is 117 Å². The van der Waals surface area contributed by atoms with Crippen molar-refractivity contribution in [3.63, 3.8) is 0 Å². The zero-order chi connectivity index (χ0) is 14.2. The van der Waals surface area contributed by atoms with E-state index in [0.29, 0.717) is 12.5 Å². The Kier molecular flexibility index (Phi) is 3.21. The van der Waals surface area contributed by atoms with Gasteiger partial charge < -0.3 is 15.3 Å². The molecule has 0 radical (unpaired) electrons. The topological polar surface area (TPSA) is 90.0 Å². The molecule has 1 fully saturated rings. The van der Waals surface area contributed by atoms with Gasteiger partial charge in [0.15, 0.2) is 5.65 Å². The van der Waals surface area contributed by atoms with E-state index < -0.39 is 5.60 Å². The van der Waals surface area contributed by atoms with E-state index >= 15 is 0 Å². The van der Waals surface area contributed by atoms with Gasteiger partial charge in [0.2, 0.25) is 5.95 Å². The number of rotatable bonds is 4. The fourth-order valence-corrected chi connectivity index (χ4v) is 2.50. The predicted octanol–water partition coefficient (Wildman–Crippen LogP) is 1.14. The average Bonchev–Trinajstić information content (AvgIpc) is 3.01. The Morgan fingerprint density at radius 2 is 2.35 bits per heavy atom. The van der Waals surface area contributed by atoms with Crippen LogP contribution in [-0.4, -0.2) is 50.5 Å². The number of fused-ring (bicyclic) bond motifs is 1. The van der Waals surface area contributed by atoms with Crippen LogP contribution in [-0.2, 0) is 0 Å². The molecule has 1 aliphatic rings. The lowest BCUT2D eigenvalue weighted by atomic mass is 10.1. The highest BCUT2D eigenvalue weighted by Crippen LogP contribution is 2.30. The quantitative estimate of drug-likeness (QED) is 0.776. The van der Waals surface area contributed by atoms with Crippen molar-refractivity contribution in [2.45, 2.75) is 32.3 Å². The number of β-amino-alcohol motifs (C(OH)–C–C–N with tert-alkyl or cyclic N) is 1. The summed E-state index contributed by atoms with van der Waals surface area (Å²) in [5.74, 6) is 1.44. The summed E-state index contributed by atoms with van der Waals surface area (Å²) < 4.78 is 0. The summed E-state index contributed by atoms with van der Waals surface area (Å²) in [4.78, 5) is 11.1. The summed E-state index contributed by atoms with van der Waals surface area (Å²) in [6.07, 6.45) is 3.49. The van der Waals surface area contributed by atoms with E-state index in [1.54, 1.807) is 6.20 Å². The largest absolute Gasteiger partial charge is 0.388 e. The molecule has 2 aromatic heterocycles. The van der Waals surface area contributed by atoms with Crippen LogP contribution in [0.1, 0.15) is 26.7 Å². The third-order valence-corrected chi connectivity index (χ3v) is 3.57. The number of aliphatic hydroxyl groups is 1. The average molecular weight is 276 g/mol. The Bertz CT molecular complexity index is 608. The molecule has 7 heteroatoms. The van der Waals surface area contributed by atoms with E-state index in [1.165, 1.54) is 0 Å². The number of H-pyrrole nitrogens is 1. The lowest BCUT2D eigenvalue weighted by Gasteiger charge is -2.20. The van der Waals surface area contributed by atoms with E-state index in [0.717, 1.165) is 42.8 Å². The van der Waals surface area contributed by atoms with E-state index in [4.69, 9.17) is 0 Å². The van der Waals surface area contributed by atoms with Crippen LogP contribution < -0.4 is 10.2 Å². The summed E-state index contributed by atoms with van der Waals surface area (Å²) in [5.41, 5.74) is 0.0676. The monoisotopic (exact) mass is 276 g/mol. The first-order valence-corrected chi connectivity index (χ1v) is 7.01. The van der Waals surface area contributed by atoms with E-state index in [1.807, 2.05) is 6.92 Å². The van der Waals surface area contributed by atoms with E-state index in [-0.39, 0.29) is 0 Å². The van der Waals surface area contributed by atoms with Crippen LogP contribution in [0.2, 0.25) is 0 Å². The molecule has 0 aromatic carbocycles. The molecule has 2 aromatic rings. The molecular formula is C13H20N6O. The van der Waals surface area contributed by atoms with Crippen molar-refractivity contribution in [3.8, 4) is 0 Å². The number of hydrogen-bond acceptors (Lipinski definition) is 6. The minimum Gasteiger partial charge on any atom is -0.388 e. The third-order valence-electron chi connectivity index (χ3n) is 3.57. The van der Waals surface area contributed by atoms with Gasteiger partial charge in [0.1, 0.15) is 5.82 Å². The second kappa shape index (κ2) is 4.90. The molecule has 0 bridgehead atoms. The molecule has 3 N–H and O–H groups in total. The Morgan fingerprint density at radius 3 is 3.05 bits per heavy atom. The van der Waals surface area contributed by atoms with E-state index in [9.17, 15) is 5.11 Å². The number of anilines is 2. The van der Waals surface area contributed by atoms with Gasteiger partial charge in [-0.25, -0.2) is 0 Å². The van der Waals surface area contributed by atoms with Crippen LogP contribution in [0.3, 0.4) is 0 Å². The first-order valence-electron chi connectivity index (χ1n) is 7.01. The van der Waals surface area contributed by atoms with Gasteiger partial charge in [-0.05, 0) is 19.8 Å². The summed E-state index contributed by atoms with van der Waals surface area (Å²) in [6.45, 7) is 6.16. The van der Waals surface area contributed by atoms with E-state index in [2.05, 4.69) is 37.3 Å². The van der Waals surface area contributed by atoms with Crippen molar-refractivity contribution in [1.29, 1.82) is 0 Å². The summed E-state index contributed by atoms with van der Waals surface area (Å²) in [5, 5.41) is 21.2. The minimum atomic E-state index is -0.655. The minimum absolute atomic E-state index is 0.581. The van der Waals surface area contributed by atoms with Gasteiger partial charge >= 0.3 is 0 Å². The Hall–Kier alpha value is -1.89. The fourth-order valence-electron chi connectivity index (χ4n) is 2.50. The number of aromatic nitrogens is 4. The highest BCUT2D eigenvalue weighted by Gasteiger charge is 2.33. The van der Waals surface area contributed by atoms with Crippen molar-refractivity contribution in [3.05, 3.63) is 6.20 Å². The van der Waals surface area contributed by atoms with Crippen molar-refractivity contribution in [2.24, 2.45) is 0 Å². The van der Waals surface area contributed by atoms with Gasteiger partial charge in [0, 0.05) is 19.6 Å². The predicted molar refractivity (Wildman–Crippen MR) is 77.9 cm³/mol. The first kappa shape index (κ1) is 13.1. The summed E-state index contributed by atoms with van der Waals surface area (Å²) in [7, 11) is 0. The van der Waals surface area contributed by atoms with Crippen LogP contribution >= 0.6 is 0 Å². The molecule has 3 heterocycles. The summed E-state index contributed by atoms with van der Waals surface area (Å²) >= 11 is 0. The van der Waals surface area contributed by atoms with Gasteiger partial charge in [0.05, 0.1) is 17.2 Å². The van der Waals surface area contributed by atoms with Crippen LogP contribution in [0.5, 0.6) is 0 Å².